The molecule has 22 heavy (non-hydrogen) atoms. The second-order valence-electron chi connectivity index (χ2n) is 5.08. The van der Waals surface area contributed by atoms with Crippen LogP contribution in [-0.4, -0.2) is 26.9 Å². The van der Waals surface area contributed by atoms with Crippen molar-refractivity contribution < 1.29 is 9.72 Å². The number of amides is 1. The molecule has 1 aromatic carbocycles. The maximum Gasteiger partial charge on any atom is 0.343 e. The van der Waals surface area contributed by atoms with Crippen LogP contribution in [0.2, 0.25) is 0 Å². The Hall–Kier alpha value is -2.22. The molecular formula is C14H13BrN4O3. The fraction of sp³-hybridized carbons (Fsp3) is 0.286. The molecule has 1 aliphatic rings. The van der Waals surface area contributed by atoms with Crippen molar-refractivity contribution >= 4 is 33.3 Å². The summed E-state index contributed by atoms with van der Waals surface area (Å²) < 4.78 is 2.31. The summed E-state index contributed by atoms with van der Waals surface area (Å²) in [6.07, 6.45) is 1.96. The van der Waals surface area contributed by atoms with Gasteiger partial charge in [0.1, 0.15) is 6.20 Å². The summed E-state index contributed by atoms with van der Waals surface area (Å²) in [6.45, 7) is 2.15. The van der Waals surface area contributed by atoms with Crippen LogP contribution >= 0.6 is 15.9 Å². The first-order valence-electron chi connectivity index (χ1n) is 6.72. The average molecular weight is 365 g/mol. The van der Waals surface area contributed by atoms with Gasteiger partial charge in [0.15, 0.2) is 12.4 Å². The summed E-state index contributed by atoms with van der Waals surface area (Å²) in [5, 5.41) is 11.0. The van der Waals surface area contributed by atoms with Crippen molar-refractivity contribution in [2.45, 2.75) is 19.9 Å². The van der Waals surface area contributed by atoms with Crippen LogP contribution in [0.4, 0.5) is 11.5 Å². The van der Waals surface area contributed by atoms with Gasteiger partial charge in [0, 0.05) is 23.6 Å². The van der Waals surface area contributed by atoms with Gasteiger partial charge in [-0.2, -0.15) is 0 Å². The Morgan fingerprint density at radius 3 is 3.00 bits per heavy atom. The van der Waals surface area contributed by atoms with E-state index in [4.69, 9.17) is 0 Å². The quantitative estimate of drug-likeness (QED) is 0.618. The monoisotopic (exact) mass is 364 g/mol. The van der Waals surface area contributed by atoms with Gasteiger partial charge in [-0.3, -0.25) is 4.79 Å². The number of carbonyl (C=O) groups excluding carboxylic acids is 1. The minimum atomic E-state index is -0.525. The molecule has 3 rings (SSSR count). The van der Waals surface area contributed by atoms with Crippen LogP contribution < -0.4 is 4.90 Å². The number of aryl methyl sites for hydroxylation is 1. The highest BCUT2D eigenvalue weighted by molar-refractivity contribution is 9.10. The molecule has 0 spiro atoms. The Labute approximate surface area is 134 Å². The molecule has 0 aliphatic carbocycles. The van der Waals surface area contributed by atoms with Crippen molar-refractivity contribution in [3.63, 3.8) is 0 Å². The topological polar surface area (TPSA) is 81.3 Å². The van der Waals surface area contributed by atoms with E-state index >= 15 is 0 Å². The smallest absolute Gasteiger partial charge is 0.343 e. The SMILES string of the molecule is Cc1ncc([N+](=O)[O-])n1CC(=O)N1CCc2cc(Br)ccc21. The molecular weight excluding hydrogens is 352 g/mol. The van der Waals surface area contributed by atoms with Crippen LogP contribution in [0.1, 0.15) is 11.4 Å². The zero-order chi connectivity index (χ0) is 15.9. The summed E-state index contributed by atoms with van der Waals surface area (Å²) in [5.41, 5.74) is 1.97. The lowest BCUT2D eigenvalue weighted by atomic mass is 10.2. The van der Waals surface area contributed by atoms with Gasteiger partial charge in [0.2, 0.25) is 0 Å². The van der Waals surface area contributed by atoms with E-state index in [0.717, 1.165) is 22.1 Å². The number of benzene rings is 1. The number of nitrogens with zero attached hydrogens (tertiary/aromatic N) is 4. The molecule has 1 amide bonds. The minimum absolute atomic E-state index is 0.0857. The number of hydrogen-bond acceptors (Lipinski definition) is 4. The second kappa shape index (κ2) is 5.53. The standard InChI is InChI=1S/C14H13BrN4O3/c1-9-16-7-13(19(21)22)18(9)8-14(20)17-5-4-10-6-11(15)2-3-12(10)17/h2-3,6-7H,4-5,8H2,1H3. The third kappa shape index (κ3) is 2.50. The van der Waals surface area contributed by atoms with Gasteiger partial charge in [-0.15, -0.1) is 0 Å². The first-order chi connectivity index (χ1) is 10.5. The van der Waals surface area contributed by atoms with Gasteiger partial charge < -0.3 is 15.0 Å². The Bertz CT molecular complexity index is 771. The maximum atomic E-state index is 12.5. The fourth-order valence-corrected chi connectivity index (χ4v) is 3.06. The number of rotatable bonds is 3. The molecule has 0 bridgehead atoms. The van der Waals surface area contributed by atoms with E-state index in [1.54, 1.807) is 11.8 Å². The summed E-state index contributed by atoms with van der Waals surface area (Å²) >= 11 is 3.41. The highest BCUT2D eigenvalue weighted by Crippen LogP contribution is 2.31. The number of carbonyl (C=O) groups is 1. The lowest BCUT2D eigenvalue weighted by Gasteiger charge is -2.16. The Morgan fingerprint density at radius 1 is 1.50 bits per heavy atom. The van der Waals surface area contributed by atoms with Crippen molar-refractivity contribution in [1.29, 1.82) is 0 Å². The molecule has 8 heteroatoms. The molecule has 0 saturated heterocycles. The fourth-order valence-electron chi connectivity index (χ4n) is 2.65. The van der Waals surface area contributed by atoms with Crippen LogP contribution in [0, 0.1) is 17.0 Å². The number of aromatic nitrogens is 2. The average Bonchev–Trinajstić information content (AvgIpc) is 3.03. The summed E-state index contributed by atoms with van der Waals surface area (Å²) in [6, 6.07) is 5.77. The first kappa shape index (κ1) is 14.7. The van der Waals surface area contributed by atoms with E-state index in [2.05, 4.69) is 20.9 Å². The Kier molecular flexibility index (Phi) is 3.69. The molecule has 0 radical (unpaired) electrons. The molecule has 1 aliphatic heterocycles. The lowest BCUT2D eigenvalue weighted by molar-refractivity contribution is -0.392. The summed E-state index contributed by atoms with van der Waals surface area (Å²) in [5.74, 6) is 0.113. The Morgan fingerprint density at radius 2 is 2.27 bits per heavy atom. The van der Waals surface area contributed by atoms with E-state index in [-0.39, 0.29) is 18.3 Å². The van der Waals surface area contributed by atoms with E-state index in [0.29, 0.717) is 12.4 Å². The molecule has 0 N–H and O–H groups in total. The van der Waals surface area contributed by atoms with E-state index < -0.39 is 4.92 Å². The summed E-state index contributed by atoms with van der Waals surface area (Å²) in [7, 11) is 0. The van der Waals surface area contributed by atoms with Gasteiger partial charge in [0.25, 0.3) is 5.91 Å². The van der Waals surface area contributed by atoms with Gasteiger partial charge in [0.05, 0.1) is 0 Å². The second-order valence-corrected chi connectivity index (χ2v) is 5.99. The predicted molar refractivity (Wildman–Crippen MR) is 83.8 cm³/mol. The number of anilines is 1. The van der Waals surface area contributed by atoms with Crippen LogP contribution in [-0.2, 0) is 17.8 Å². The predicted octanol–water partition coefficient (Wildman–Crippen LogP) is 2.45. The van der Waals surface area contributed by atoms with E-state index in [1.807, 2.05) is 18.2 Å². The largest absolute Gasteiger partial charge is 0.358 e. The third-order valence-corrected chi connectivity index (χ3v) is 4.25. The molecule has 7 nitrogen and oxygen atoms in total. The van der Waals surface area contributed by atoms with E-state index in [9.17, 15) is 14.9 Å². The molecule has 2 heterocycles. The highest BCUT2D eigenvalue weighted by Gasteiger charge is 2.28. The third-order valence-electron chi connectivity index (χ3n) is 3.75. The molecule has 114 valence electrons. The van der Waals surface area contributed by atoms with E-state index in [1.165, 1.54) is 10.8 Å². The number of imidazole rings is 1. The number of hydrogen-bond donors (Lipinski definition) is 0. The Balaban J connectivity index is 1.86. The van der Waals surface area contributed by atoms with Crippen molar-refractivity contribution in [3.8, 4) is 0 Å². The van der Waals surface area contributed by atoms with Crippen molar-refractivity contribution in [1.82, 2.24) is 9.55 Å². The molecule has 0 atom stereocenters. The number of nitro groups is 1. The van der Waals surface area contributed by atoms with Crippen molar-refractivity contribution in [3.05, 3.63) is 50.4 Å². The van der Waals surface area contributed by atoms with Gasteiger partial charge >= 0.3 is 5.82 Å². The van der Waals surface area contributed by atoms with Crippen LogP contribution in [0.25, 0.3) is 0 Å². The molecule has 2 aromatic rings. The van der Waals surface area contributed by atoms with Gasteiger partial charge in [-0.05, 0) is 35.1 Å². The molecule has 1 aromatic heterocycles. The van der Waals surface area contributed by atoms with Crippen LogP contribution in [0.15, 0.2) is 28.9 Å². The molecule has 0 unspecified atom stereocenters. The van der Waals surface area contributed by atoms with Crippen LogP contribution in [0.3, 0.4) is 0 Å². The zero-order valence-electron chi connectivity index (χ0n) is 11.8. The lowest BCUT2D eigenvalue weighted by Crippen LogP contribution is -2.32. The summed E-state index contributed by atoms with van der Waals surface area (Å²) in [4.78, 5) is 28.6. The molecule has 0 fully saturated rings. The zero-order valence-corrected chi connectivity index (χ0v) is 13.4. The first-order valence-corrected chi connectivity index (χ1v) is 7.52. The van der Waals surface area contributed by atoms with Crippen molar-refractivity contribution in [2.24, 2.45) is 0 Å². The molecule has 0 saturated carbocycles. The number of halogens is 1. The minimum Gasteiger partial charge on any atom is -0.358 e. The normalized spacial score (nSPS) is 13.3. The maximum absolute atomic E-state index is 12.5. The van der Waals surface area contributed by atoms with Crippen LogP contribution in [0.5, 0.6) is 0 Å². The van der Waals surface area contributed by atoms with Crippen molar-refractivity contribution in [2.75, 3.05) is 11.4 Å². The number of fused-ring (bicyclic) bond motifs is 1. The van der Waals surface area contributed by atoms with Gasteiger partial charge in [-0.1, -0.05) is 15.9 Å². The van der Waals surface area contributed by atoms with Gasteiger partial charge in [-0.25, -0.2) is 9.55 Å². The highest BCUT2D eigenvalue weighted by atomic mass is 79.9.